The molecule has 31 heavy (non-hydrogen) atoms. The number of sulfonamides is 1. The van der Waals surface area contributed by atoms with Crippen LogP contribution in [-0.4, -0.2) is 37.3 Å². The van der Waals surface area contributed by atoms with Crippen LogP contribution in [0.5, 0.6) is 0 Å². The number of aromatic nitrogens is 1. The van der Waals surface area contributed by atoms with Gasteiger partial charge in [0.05, 0.1) is 27.7 Å². The predicted octanol–water partition coefficient (Wildman–Crippen LogP) is 4.09. The number of hydrogen-bond acceptors (Lipinski definition) is 5. The first kappa shape index (κ1) is 20.1. The van der Waals surface area contributed by atoms with Crippen LogP contribution in [0.2, 0.25) is 0 Å². The van der Waals surface area contributed by atoms with Crippen LogP contribution in [0.4, 0.5) is 0 Å². The minimum absolute atomic E-state index is 0.102. The number of hydrogen-bond donors (Lipinski definition) is 1. The molecule has 158 valence electrons. The number of para-hydroxylation sites is 1. The average molecular weight is 452 g/mol. The highest BCUT2D eigenvalue weighted by molar-refractivity contribution is 7.89. The molecule has 0 radical (unpaired) electrons. The molecule has 4 aromatic rings. The van der Waals surface area contributed by atoms with E-state index in [0.717, 1.165) is 38.8 Å². The normalized spacial score (nSPS) is 16.9. The zero-order valence-electron chi connectivity index (χ0n) is 16.7. The molecule has 6 nitrogen and oxygen atoms in total. The molecule has 1 aromatic heterocycles. The second-order valence-electron chi connectivity index (χ2n) is 7.60. The van der Waals surface area contributed by atoms with E-state index in [4.69, 9.17) is 4.98 Å². The number of benzene rings is 3. The molecule has 1 saturated heterocycles. The van der Waals surface area contributed by atoms with E-state index in [0.29, 0.717) is 6.54 Å². The van der Waals surface area contributed by atoms with Crippen LogP contribution < -0.4 is 4.72 Å². The van der Waals surface area contributed by atoms with E-state index in [2.05, 4.69) is 4.72 Å². The first-order valence-corrected chi connectivity index (χ1v) is 12.4. The minimum atomic E-state index is -3.79. The monoisotopic (exact) mass is 451 g/mol. The van der Waals surface area contributed by atoms with E-state index < -0.39 is 10.0 Å². The van der Waals surface area contributed by atoms with Crippen molar-refractivity contribution in [2.75, 3.05) is 13.1 Å². The molecule has 0 saturated carbocycles. The standard InChI is InChI=1S/C23H21N3O3S2/c27-22(15-24-31(28,29)18-12-11-16-6-1-2-7-17(16)14-18)26-13-5-9-20(26)23-25-19-8-3-4-10-21(19)30-23/h1-4,6-8,10-12,14,20,24H,5,9,13,15H2/t20-/m1/s1. The maximum atomic E-state index is 12.9. The third kappa shape index (κ3) is 3.94. The molecule has 0 unspecified atom stereocenters. The smallest absolute Gasteiger partial charge is 0.241 e. The Labute approximate surface area is 184 Å². The summed E-state index contributed by atoms with van der Waals surface area (Å²) in [5.41, 5.74) is 0.929. The summed E-state index contributed by atoms with van der Waals surface area (Å²) in [5.74, 6) is -0.230. The topological polar surface area (TPSA) is 79.4 Å². The molecule has 8 heteroatoms. The molecule has 1 aliphatic rings. The Bertz CT molecular complexity index is 1350. The van der Waals surface area contributed by atoms with E-state index in [1.807, 2.05) is 48.5 Å². The fraction of sp³-hybridized carbons (Fsp3) is 0.217. The molecule has 0 bridgehead atoms. The third-order valence-electron chi connectivity index (χ3n) is 5.61. The summed E-state index contributed by atoms with van der Waals surface area (Å²) < 4.78 is 29.1. The second-order valence-corrected chi connectivity index (χ2v) is 10.4. The molecule has 1 amide bonds. The number of nitrogens with one attached hydrogen (secondary N) is 1. The van der Waals surface area contributed by atoms with E-state index >= 15 is 0 Å². The number of amides is 1. The lowest BCUT2D eigenvalue weighted by Crippen LogP contribution is -2.39. The van der Waals surface area contributed by atoms with Gasteiger partial charge in [-0.3, -0.25) is 4.79 Å². The molecule has 5 rings (SSSR count). The maximum Gasteiger partial charge on any atom is 0.241 e. The van der Waals surface area contributed by atoms with Crippen LogP contribution >= 0.6 is 11.3 Å². The molecular weight excluding hydrogens is 430 g/mol. The Morgan fingerprint density at radius 3 is 2.68 bits per heavy atom. The molecular formula is C23H21N3O3S2. The van der Waals surface area contributed by atoms with Gasteiger partial charge in [-0.25, -0.2) is 18.1 Å². The van der Waals surface area contributed by atoms with Crippen LogP contribution in [0.15, 0.2) is 71.6 Å². The van der Waals surface area contributed by atoms with Crippen molar-refractivity contribution in [1.82, 2.24) is 14.6 Å². The first-order valence-electron chi connectivity index (χ1n) is 10.1. The summed E-state index contributed by atoms with van der Waals surface area (Å²) in [6, 6.07) is 20.3. The summed E-state index contributed by atoms with van der Waals surface area (Å²) in [7, 11) is -3.79. The predicted molar refractivity (Wildman–Crippen MR) is 122 cm³/mol. The summed E-state index contributed by atoms with van der Waals surface area (Å²) in [6.07, 6.45) is 1.72. The van der Waals surface area contributed by atoms with E-state index in [9.17, 15) is 13.2 Å². The van der Waals surface area contributed by atoms with Crippen molar-refractivity contribution in [1.29, 1.82) is 0 Å². The third-order valence-corrected chi connectivity index (χ3v) is 8.15. The van der Waals surface area contributed by atoms with Crippen molar-refractivity contribution in [2.45, 2.75) is 23.8 Å². The average Bonchev–Trinajstić information content (AvgIpc) is 3.44. The number of thiazole rings is 1. The quantitative estimate of drug-likeness (QED) is 0.496. The number of carbonyl (C=O) groups excluding carboxylic acids is 1. The van der Waals surface area contributed by atoms with Crippen molar-refractivity contribution in [3.8, 4) is 0 Å². The Hall–Kier alpha value is -2.81. The van der Waals surface area contributed by atoms with Gasteiger partial charge in [-0.05, 0) is 47.9 Å². The van der Waals surface area contributed by atoms with Crippen molar-refractivity contribution in [2.24, 2.45) is 0 Å². The maximum absolute atomic E-state index is 12.9. The van der Waals surface area contributed by atoms with E-state index in [-0.39, 0.29) is 23.4 Å². The van der Waals surface area contributed by atoms with Gasteiger partial charge in [0.25, 0.3) is 0 Å². The van der Waals surface area contributed by atoms with Crippen molar-refractivity contribution < 1.29 is 13.2 Å². The molecule has 1 fully saturated rings. The van der Waals surface area contributed by atoms with Gasteiger partial charge in [0.1, 0.15) is 5.01 Å². The fourth-order valence-electron chi connectivity index (χ4n) is 4.03. The SMILES string of the molecule is O=C(CNS(=O)(=O)c1ccc2ccccc2c1)N1CCC[C@@H]1c1nc2ccccc2s1. The molecule has 1 N–H and O–H groups in total. The molecule has 0 spiro atoms. The van der Waals surface area contributed by atoms with E-state index in [1.165, 1.54) is 0 Å². The number of fused-ring (bicyclic) bond motifs is 2. The Balaban J connectivity index is 1.31. The highest BCUT2D eigenvalue weighted by Crippen LogP contribution is 2.36. The largest absolute Gasteiger partial charge is 0.332 e. The van der Waals surface area contributed by atoms with Gasteiger partial charge in [0.2, 0.25) is 15.9 Å². The van der Waals surface area contributed by atoms with Crippen molar-refractivity contribution in [3.05, 3.63) is 71.7 Å². The van der Waals surface area contributed by atoms with Gasteiger partial charge < -0.3 is 4.90 Å². The second kappa shape index (κ2) is 8.03. The van der Waals surface area contributed by atoms with Gasteiger partial charge in [-0.2, -0.15) is 0 Å². The fourth-order valence-corrected chi connectivity index (χ4v) is 6.16. The number of rotatable bonds is 5. The number of carbonyl (C=O) groups is 1. The molecule has 2 heterocycles. The zero-order valence-corrected chi connectivity index (χ0v) is 18.3. The summed E-state index contributed by atoms with van der Waals surface area (Å²) >= 11 is 1.59. The van der Waals surface area contributed by atoms with Crippen molar-refractivity contribution >= 4 is 48.3 Å². The lowest BCUT2D eigenvalue weighted by Gasteiger charge is -2.23. The Kier molecular flexibility index (Phi) is 5.21. The summed E-state index contributed by atoms with van der Waals surface area (Å²) in [4.78, 5) is 19.5. The van der Waals surface area contributed by atoms with Crippen LogP contribution in [0.1, 0.15) is 23.9 Å². The van der Waals surface area contributed by atoms with Crippen LogP contribution in [0.25, 0.3) is 21.0 Å². The number of nitrogens with zero attached hydrogens (tertiary/aromatic N) is 2. The van der Waals surface area contributed by atoms with Gasteiger partial charge in [-0.15, -0.1) is 11.3 Å². The summed E-state index contributed by atoms with van der Waals surface area (Å²) in [6.45, 7) is 0.341. The summed E-state index contributed by atoms with van der Waals surface area (Å²) in [5, 5.41) is 2.71. The van der Waals surface area contributed by atoms with Gasteiger partial charge in [-0.1, -0.05) is 42.5 Å². The van der Waals surface area contributed by atoms with Gasteiger partial charge in [0.15, 0.2) is 0 Å². The highest BCUT2D eigenvalue weighted by Gasteiger charge is 2.32. The molecule has 3 aromatic carbocycles. The Morgan fingerprint density at radius 1 is 1.06 bits per heavy atom. The van der Waals surface area contributed by atoms with Gasteiger partial charge in [0, 0.05) is 6.54 Å². The molecule has 1 atom stereocenters. The van der Waals surface area contributed by atoms with Crippen LogP contribution in [-0.2, 0) is 14.8 Å². The Morgan fingerprint density at radius 2 is 1.84 bits per heavy atom. The number of likely N-dealkylation sites (tertiary alicyclic amines) is 1. The first-order chi connectivity index (χ1) is 15.0. The van der Waals surface area contributed by atoms with Crippen LogP contribution in [0, 0.1) is 0 Å². The van der Waals surface area contributed by atoms with Gasteiger partial charge >= 0.3 is 0 Å². The lowest BCUT2D eigenvalue weighted by atomic mass is 10.1. The lowest BCUT2D eigenvalue weighted by molar-refractivity contribution is -0.130. The van der Waals surface area contributed by atoms with Crippen molar-refractivity contribution in [3.63, 3.8) is 0 Å². The van der Waals surface area contributed by atoms with E-state index in [1.54, 1.807) is 34.4 Å². The molecule has 1 aliphatic heterocycles. The zero-order chi connectivity index (χ0) is 21.4. The van der Waals surface area contributed by atoms with Crippen LogP contribution in [0.3, 0.4) is 0 Å². The minimum Gasteiger partial charge on any atom is -0.332 e. The molecule has 0 aliphatic carbocycles. The highest BCUT2D eigenvalue weighted by atomic mass is 32.2.